The van der Waals surface area contributed by atoms with Crippen LogP contribution in [-0.2, 0) is 0 Å². The first kappa shape index (κ1) is 16.1. The topological polar surface area (TPSA) is 29.5 Å². The zero-order valence-corrected chi connectivity index (χ0v) is 11.8. The molecule has 2 aromatic rings. The summed E-state index contributed by atoms with van der Waals surface area (Å²) in [6, 6.07) is 13.7. The van der Waals surface area contributed by atoms with Crippen LogP contribution in [0.2, 0.25) is 0 Å². The molecule has 0 saturated carbocycles. The van der Waals surface area contributed by atoms with E-state index in [-0.39, 0.29) is 5.56 Å². The molecule has 0 amide bonds. The maximum Gasteiger partial charge on any atom is 0.416 e. The quantitative estimate of drug-likeness (QED) is 0.908. The van der Waals surface area contributed by atoms with Crippen molar-refractivity contribution in [1.82, 2.24) is 0 Å². The van der Waals surface area contributed by atoms with E-state index in [1.165, 1.54) is 31.4 Å². The summed E-state index contributed by atoms with van der Waals surface area (Å²) in [4.78, 5) is 0. The van der Waals surface area contributed by atoms with E-state index < -0.39 is 17.9 Å². The fraction of sp³-hybridized carbons (Fsp3) is 0.176. The molecule has 0 fully saturated rings. The predicted molar refractivity (Wildman–Crippen MR) is 78.4 cm³/mol. The Bertz CT molecular complexity index is 631. The predicted octanol–water partition coefficient (Wildman–Crippen LogP) is 4.37. The molecule has 0 bridgehead atoms. The molecule has 0 aliphatic rings. The second-order valence-electron chi connectivity index (χ2n) is 4.66. The fourth-order valence-corrected chi connectivity index (χ4v) is 2.03. The number of hydrogen-bond donors (Lipinski definition) is 1. The second-order valence-corrected chi connectivity index (χ2v) is 4.66. The molecule has 1 N–H and O–H groups in total. The van der Waals surface area contributed by atoms with Crippen molar-refractivity contribution in [2.45, 2.75) is 12.3 Å². The number of methoxy groups -OCH3 is 1. The Labute approximate surface area is 126 Å². The van der Waals surface area contributed by atoms with Gasteiger partial charge in [-0.1, -0.05) is 42.5 Å². The molecular weight excluding hydrogens is 293 g/mol. The lowest BCUT2D eigenvalue weighted by atomic mass is 10.0. The number of allylic oxidation sites excluding steroid dienone is 1. The molecule has 2 aromatic carbocycles. The molecule has 0 saturated heterocycles. The van der Waals surface area contributed by atoms with E-state index in [1.807, 2.05) is 0 Å². The number of halogens is 3. The van der Waals surface area contributed by atoms with Crippen LogP contribution < -0.4 is 4.74 Å². The van der Waals surface area contributed by atoms with E-state index in [4.69, 9.17) is 4.74 Å². The average molecular weight is 308 g/mol. The van der Waals surface area contributed by atoms with Crippen LogP contribution in [0.3, 0.4) is 0 Å². The summed E-state index contributed by atoms with van der Waals surface area (Å²) in [5, 5.41) is 10.0. The van der Waals surface area contributed by atoms with Crippen molar-refractivity contribution in [3.05, 3.63) is 71.8 Å². The summed E-state index contributed by atoms with van der Waals surface area (Å²) in [5.41, 5.74) is -0.507. The van der Waals surface area contributed by atoms with Crippen LogP contribution in [0, 0.1) is 0 Å². The molecular formula is C17H15F3O2. The Morgan fingerprint density at radius 1 is 1.05 bits per heavy atom. The number of rotatable bonds is 4. The number of ether oxygens (including phenoxy) is 1. The molecule has 116 valence electrons. The van der Waals surface area contributed by atoms with E-state index in [1.54, 1.807) is 30.3 Å². The minimum Gasteiger partial charge on any atom is -0.497 e. The van der Waals surface area contributed by atoms with Gasteiger partial charge in [0.1, 0.15) is 5.75 Å². The van der Waals surface area contributed by atoms with Crippen molar-refractivity contribution >= 4 is 5.57 Å². The van der Waals surface area contributed by atoms with Gasteiger partial charge < -0.3 is 9.84 Å². The van der Waals surface area contributed by atoms with Crippen molar-refractivity contribution < 1.29 is 23.0 Å². The Morgan fingerprint density at radius 2 is 1.64 bits per heavy atom. The molecule has 2 nitrogen and oxygen atoms in total. The largest absolute Gasteiger partial charge is 0.497 e. The lowest BCUT2D eigenvalue weighted by molar-refractivity contribution is -0.0695. The minimum absolute atomic E-state index is 0.0247. The third kappa shape index (κ3) is 3.89. The summed E-state index contributed by atoms with van der Waals surface area (Å²) >= 11 is 0. The highest BCUT2D eigenvalue weighted by Gasteiger charge is 2.35. The van der Waals surface area contributed by atoms with Crippen LogP contribution in [0.15, 0.2) is 60.7 Å². The van der Waals surface area contributed by atoms with Crippen LogP contribution in [0.4, 0.5) is 13.2 Å². The van der Waals surface area contributed by atoms with Crippen LogP contribution in [-0.4, -0.2) is 18.4 Å². The lowest BCUT2D eigenvalue weighted by Crippen LogP contribution is -2.12. The molecule has 2 rings (SSSR count). The summed E-state index contributed by atoms with van der Waals surface area (Å²) in [7, 11) is 1.44. The van der Waals surface area contributed by atoms with Gasteiger partial charge in [0, 0.05) is 0 Å². The third-order valence-corrected chi connectivity index (χ3v) is 3.17. The van der Waals surface area contributed by atoms with Gasteiger partial charge in [-0.25, -0.2) is 0 Å². The first-order chi connectivity index (χ1) is 10.4. The van der Waals surface area contributed by atoms with Crippen LogP contribution >= 0.6 is 0 Å². The Hall–Kier alpha value is -2.27. The Balaban J connectivity index is 2.39. The molecule has 0 aromatic heterocycles. The molecule has 0 radical (unpaired) electrons. The molecule has 1 atom stereocenters. The molecule has 0 spiro atoms. The van der Waals surface area contributed by atoms with E-state index in [9.17, 15) is 18.3 Å². The van der Waals surface area contributed by atoms with Gasteiger partial charge in [-0.05, 0) is 29.3 Å². The molecule has 0 aliphatic heterocycles. The smallest absolute Gasteiger partial charge is 0.416 e. The number of aliphatic hydroxyl groups is 1. The zero-order valence-electron chi connectivity index (χ0n) is 11.8. The summed E-state index contributed by atoms with van der Waals surface area (Å²) in [6.07, 6.45) is -5.08. The zero-order chi connectivity index (χ0) is 16.2. The normalized spacial score (nSPS) is 13.8. The summed E-state index contributed by atoms with van der Waals surface area (Å²) in [5.74, 6) is 0.467. The second kappa shape index (κ2) is 6.66. The van der Waals surface area contributed by atoms with Gasteiger partial charge in [0.2, 0.25) is 0 Å². The van der Waals surface area contributed by atoms with Crippen LogP contribution in [0.5, 0.6) is 5.75 Å². The minimum atomic E-state index is -4.57. The first-order valence-corrected chi connectivity index (χ1v) is 6.58. The van der Waals surface area contributed by atoms with Crippen molar-refractivity contribution in [2.75, 3.05) is 7.11 Å². The molecule has 0 heterocycles. The van der Waals surface area contributed by atoms with Crippen molar-refractivity contribution in [3.8, 4) is 5.75 Å². The highest BCUT2D eigenvalue weighted by atomic mass is 19.4. The van der Waals surface area contributed by atoms with Gasteiger partial charge in [-0.3, -0.25) is 0 Å². The van der Waals surface area contributed by atoms with Gasteiger partial charge >= 0.3 is 6.18 Å². The SMILES string of the molecule is COc1ccc(/C(=C/C(O)c2ccccc2)C(F)(F)F)cc1. The molecule has 5 heteroatoms. The third-order valence-electron chi connectivity index (χ3n) is 3.17. The maximum absolute atomic E-state index is 13.3. The highest BCUT2D eigenvalue weighted by molar-refractivity contribution is 5.70. The Morgan fingerprint density at radius 3 is 2.14 bits per heavy atom. The molecule has 1 unspecified atom stereocenters. The standard InChI is InChI=1S/C17H15F3O2/c1-22-14-9-7-12(8-10-14)15(17(18,19)20)11-16(21)13-5-3-2-4-6-13/h2-11,16,21H,1H3/b15-11-. The van der Waals surface area contributed by atoms with Crippen LogP contribution in [0.25, 0.3) is 5.57 Å². The number of aliphatic hydroxyl groups excluding tert-OH is 1. The van der Waals surface area contributed by atoms with Gasteiger partial charge in [0.05, 0.1) is 18.8 Å². The van der Waals surface area contributed by atoms with Crippen molar-refractivity contribution in [3.63, 3.8) is 0 Å². The van der Waals surface area contributed by atoms with Gasteiger partial charge in [-0.15, -0.1) is 0 Å². The van der Waals surface area contributed by atoms with Crippen molar-refractivity contribution in [1.29, 1.82) is 0 Å². The van der Waals surface area contributed by atoms with E-state index >= 15 is 0 Å². The summed E-state index contributed by atoms with van der Waals surface area (Å²) < 4.78 is 44.7. The van der Waals surface area contributed by atoms with Crippen LogP contribution in [0.1, 0.15) is 17.2 Å². The van der Waals surface area contributed by atoms with Gasteiger partial charge in [0.25, 0.3) is 0 Å². The number of hydrogen-bond acceptors (Lipinski definition) is 2. The monoisotopic (exact) mass is 308 g/mol. The number of alkyl halides is 3. The molecule has 0 aliphatic carbocycles. The molecule has 22 heavy (non-hydrogen) atoms. The summed E-state index contributed by atoms with van der Waals surface area (Å²) in [6.45, 7) is 0. The van der Waals surface area contributed by atoms with Gasteiger partial charge in [0.15, 0.2) is 0 Å². The first-order valence-electron chi connectivity index (χ1n) is 6.58. The van der Waals surface area contributed by atoms with E-state index in [0.29, 0.717) is 11.3 Å². The highest BCUT2D eigenvalue weighted by Crippen LogP contribution is 2.36. The van der Waals surface area contributed by atoms with E-state index in [0.717, 1.165) is 6.08 Å². The average Bonchev–Trinajstić information content (AvgIpc) is 2.52. The number of benzene rings is 2. The lowest BCUT2D eigenvalue weighted by Gasteiger charge is -2.15. The van der Waals surface area contributed by atoms with Crippen molar-refractivity contribution in [2.24, 2.45) is 0 Å². The fourth-order valence-electron chi connectivity index (χ4n) is 2.03. The Kier molecular flexibility index (Phi) is 4.88. The van der Waals surface area contributed by atoms with E-state index in [2.05, 4.69) is 0 Å². The van der Waals surface area contributed by atoms with Gasteiger partial charge in [-0.2, -0.15) is 13.2 Å². The maximum atomic E-state index is 13.3.